The lowest BCUT2D eigenvalue weighted by molar-refractivity contribution is -0.394. The number of nitro benzene ring substituents is 2. The standard InChI is InChI=1S/C19H18N2O6Si/c1-28(2)12-17(11-18(28)13-6-4-3-5-7-13)27-19(22)14-8-15(20(23)24)10-16(9-14)21(25)26/h3-11,17H,12H2,1-2H3/t17-/m1/s1. The topological polar surface area (TPSA) is 113 Å². The van der Waals surface area contributed by atoms with E-state index in [1.165, 1.54) is 5.20 Å². The van der Waals surface area contributed by atoms with Gasteiger partial charge in [0, 0.05) is 12.1 Å². The van der Waals surface area contributed by atoms with Gasteiger partial charge in [-0.05, 0) is 17.7 Å². The predicted molar refractivity (Wildman–Crippen MR) is 106 cm³/mol. The van der Waals surface area contributed by atoms with Crippen LogP contribution < -0.4 is 0 Å². The Morgan fingerprint density at radius 3 is 2.14 bits per heavy atom. The molecule has 144 valence electrons. The van der Waals surface area contributed by atoms with Gasteiger partial charge in [0.25, 0.3) is 11.4 Å². The predicted octanol–water partition coefficient (Wildman–Crippen LogP) is 4.37. The van der Waals surface area contributed by atoms with Crippen LogP contribution in [-0.2, 0) is 4.74 Å². The van der Waals surface area contributed by atoms with Crippen LogP contribution in [0.2, 0.25) is 19.1 Å². The summed E-state index contributed by atoms with van der Waals surface area (Å²) in [5.41, 5.74) is -0.170. The molecule has 3 rings (SSSR count). The van der Waals surface area contributed by atoms with E-state index in [4.69, 9.17) is 4.74 Å². The number of carbonyl (C=O) groups excluding carboxylic acids is 1. The van der Waals surface area contributed by atoms with Crippen LogP contribution in [0.5, 0.6) is 0 Å². The maximum absolute atomic E-state index is 12.5. The van der Waals surface area contributed by atoms with E-state index in [0.717, 1.165) is 23.8 Å². The molecule has 9 heteroatoms. The van der Waals surface area contributed by atoms with Gasteiger partial charge in [-0.25, -0.2) is 4.79 Å². The van der Waals surface area contributed by atoms with Crippen LogP contribution in [0.15, 0.2) is 54.6 Å². The van der Waals surface area contributed by atoms with E-state index in [9.17, 15) is 25.0 Å². The minimum atomic E-state index is -1.83. The van der Waals surface area contributed by atoms with Crippen molar-refractivity contribution in [3.63, 3.8) is 0 Å². The van der Waals surface area contributed by atoms with E-state index in [0.29, 0.717) is 6.04 Å². The van der Waals surface area contributed by atoms with Gasteiger partial charge < -0.3 is 4.74 Å². The number of nitrogens with zero attached hydrogens (tertiary/aromatic N) is 2. The molecule has 1 aliphatic heterocycles. The Balaban J connectivity index is 1.87. The highest BCUT2D eigenvalue weighted by Gasteiger charge is 2.38. The zero-order chi connectivity index (χ0) is 20.5. The number of ether oxygens (including phenoxy) is 1. The van der Waals surface area contributed by atoms with Crippen LogP contribution in [0.1, 0.15) is 15.9 Å². The van der Waals surface area contributed by atoms with Crippen LogP contribution in [-0.4, -0.2) is 30.0 Å². The fourth-order valence-corrected chi connectivity index (χ4v) is 6.41. The normalized spacial score (nSPS) is 17.6. The van der Waals surface area contributed by atoms with Crippen LogP contribution in [0.3, 0.4) is 0 Å². The number of non-ortho nitro benzene ring substituents is 2. The summed E-state index contributed by atoms with van der Waals surface area (Å²) in [5, 5.41) is 23.2. The van der Waals surface area contributed by atoms with Gasteiger partial charge in [-0.1, -0.05) is 48.6 Å². The van der Waals surface area contributed by atoms with Gasteiger partial charge in [0.2, 0.25) is 0 Å². The molecule has 0 saturated carbocycles. The molecule has 1 heterocycles. The molecule has 0 spiro atoms. The summed E-state index contributed by atoms with van der Waals surface area (Å²) in [6.45, 7) is 4.36. The number of hydrogen-bond donors (Lipinski definition) is 0. The number of esters is 1. The van der Waals surface area contributed by atoms with Crippen molar-refractivity contribution in [2.24, 2.45) is 0 Å². The lowest BCUT2D eigenvalue weighted by Gasteiger charge is -2.21. The summed E-state index contributed by atoms with van der Waals surface area (Å²) in [4.78, 5) is 33.0. The average molecular weight is 398 g/mol. The molecule has 0 bridgehead atoms. The molecular formula is C19H18N2O6Si. The van der Waals surface area contributed by atoms with Crippen molar-refractivity contribution in [1.29, 1.82) is 0 Å². The largest absolute Gasteiger partial charge is 0.455 e. The fourth-order valence-electron chi connectivity index (χ4n) is 3.39. The zero-order valence-corrected chi connectivity index (χ0v) is 16.3. The maximum Gasteiger partial charge on any atom is 0.339 e. The third-order valence-corrected chi connectivity index (χ3v) is 8.03. The van der Waals surface area contributed by atoms with E-state index < -0.39 is 41.4 Å². The molecule has 2 aromatic carbocycles. The maximum atomic E-state index is 12.5. The molecule has 0 N–H and O–H groups in total. The van der Waals surface area contributed by atoms with E-state index in [-0.39, 0.29) is 5.56 Å². The Bertz CT molecular complexity index is 955. The van der Waals surface area contributed by atoms with Gasteiger partial charge in [-0.3, -0.25) is 20.2 Å². The molecule has 0 amide bonds. The summed E-state index contributed by atoms with van der Waals surface area (Å²) in [6, 6.07) is 13.3. The highest BCUT2D eigenvalue weighted by atomic mass is 28.3. The minimum absolute atomic E-state index is 0.207. The van der Waals surface area contributed by atoms with Gasteiger partial charge in [-0.2, -0.15) is 0 Å². The van der Waals surface area contributed by atoms with Crippen molar-refractivity contribution in [2.45, 2.75) is 25.2 Å². The second-order valence-corrected chi connectivity index (χ2v) is 11.9. The number of carbonyl (C=O) groups is 1. The van der Waals surface area contributed by atoms with E-state index >= 15 is 0 Å². The molecule has 0 fully saturated rings. The first-order chi connectivity index (χ1) is 13.2. The molecule has 0 unspecified atom stereocenters. The third-order valence-electron chi connectivity index (χ3n) is 4.70. The second kappa shape index (κ2) is 7.35. The van der Waals surface area contributed by atoms with E-state index in [1.54, 1.807) is 0 Å². The Kier molecular flexibility index (Phi) is 5.10. The molecule has 0 aliphatic carbocycles. The monoisotopic (exact) mass is 398 g/mol. The van der Waals surface area contributed by atoms with Crippen molar-refractivity contribution >= 4 is 30.6 Å². The first-order valence-electron chi connectivity index (χ1n) is 8.60. The number of benzene rings is 2. The van der Waals surface area contributed by atoms with Crippen molar-refractivity contribution in [3.8, 4) is 0 Å². The highest BCUT2D eigenvalue weighted by molar-refractivity contribution is 6.95. The summed E-state index contributed by atoms with van der Waals surface area (Å²) < 4.78 is 5.53. The quantitative estimate of drug-likeness (QED) is 0.320. The molecule has 0 aromatic heterocycles. The van der Waals surface area contributed by atoms with Crippen molar-refractivity contribution < 1.29 is 19.4 Å². The minimum Gasteiger partial charge on any atom is -0.455 e. The zero-order valence-electron chi connectivity index (χ0n) is 15.3. The molecule has 0 saturated heterocycles. The van der Waals surface area contributed by atoms with Crippen molar-refractivity contribution in [1.82, 2.24) is 0 Å². The number of hydrogen-bond acceptors (Lipinski definition) is 6. The van der Waals surface area contributed by atoms with Crippen molar-refractivity contribution in [3.05, 3.63) is 86.0 Å². The second-order valence-electron chi connectivity index (χ2n) is 7.23. The first-order valence-corrected chi connectivity index (χ1v) is 11.8. The molecular weight excluding hydrogens is 380 g/mol. The lowest BCUT2D eigenvalue weighted by atomic mass is 10.1. The third kappa shape index (κ3) is 3.99. The smallest absolute Gasteiger partial charge is 0.339 e. The summed E-state index contributed by atoms with van der Waals surface area (Å²) >= 11 is 0. The molecule has 8 nitrogen and oxygen atoms in total. The van der Waals surface area contributed by atoms with Gasteiger partial charge in [0.1, 0.15) is 6.10 Å². The van der Waals surface area contributed by atoms with Crippen LogP contribution in [0, 0.1) is 20.2 Å². The summed E-state index contributed by atoms with van der Waals surface area (Å²) in [7, 11) is -1.83. The van der Waals surface area contributed by atoms with Crippen LogP contribution >= 0.6 is 0 Å². The van der Waals surface area contributed by atoms with Crippen molar-refractivity contribution in [2.75, 3.05) is 0 Å². The summed E-state index contributed by atoms with van der Waals surface area (Å²) in [6.07, 6.45) is 1.45. The van der Waals surface area contributed by atoms with Gasteiger partial charge in [0.15, 0.2) is 0 Å². The Morgan fingerprint density at radius 1 is 1.04 bits per heavy atom. The first kappa shape index (κ1) is 19.4. The Labute approximate surface area is 161 Å². The number of nitro groups is 2. The van der Waals surface area contributed by atoms with Crippen LogP contribution in [0.4, 0.5) is 11.4 Å². The molecule has 0 radical (unpaired) electrons. The Hall–Kier alpha value is -3.33. The molecule has 1 aliphatic rings. The highest BCUT2D eigenvalue weighted by Crippen LogP contribution is 2.38. The molecule has 2 aromatic rings. The van der Waals surface area contributed by atoms with Gasteiger partial charge in [0.05, 0.1) is 29.6 Å². The van der Waals surface area contributed by atoms with E-state index in [2.05, 4.69) is 13.1 Å². The fraction of sp³-hybridized carbons (Fsp3) is 0.211. The SMILES string of the molecule is C[Si]1(C)C[C@H](OC(=O)c2cc([N+](=O)[O-])cc([N+](=O)[O-])c2)C=C1c1ccccc1. The van der Waals surface area contributed by atoms with Gasteiger partial charge in [-0.15, -0.1) is 0 Å². The molecule has 1 atom stereocenters. The average Bonchev–Trinajstić information content (AvgIpc) is 2.95. The number of rotatable bonds is 5. The van der Waals surface area contributed by atoms with Crippen LogP contribution in [0.25, 0.3) is 5.20 Å². The van der Waals surface area contributed by atoms with Gasteiger partial charge >= 0.3 is 5.97 Å². The summed E-state index contributed by atoms with van der Waals surface area (Å²) in [5.74, 6) is -0.813. The Morgan fingerprint density at radius 2 is 1.61 bits per heavy atom. The van der Waals surface area contributed by atoms with E-state index in [1.807, 2.05) is 36.4 Å². The lowest BCUT2D eigenvalue weighted by Crippen LogP contribution is -2.27. The molecule has 28 heavy (non-hydrogen) atoms.